The summed E-state index contributed by atoms with van der Waals surface area (Å²) in [4.78, 5) is 4.32. The van der Waals surface area contributed by atoms with Crippen LogP contribution in [-0.4, -0.2) is 10.1 Å². The van der Waals surface area contributed by atoms with Crippen molar-refractivity contribution < 1.29 is 5.11 Å². The predicted octanol–water partition coefficient (Wildman–Crippen LogP) is 4.34. The summed E-state index contributed by atoms with van der Waals surface area (Å²) in [7, 11) is 0. The summed E-state index contributed by atoms with van der Waals surface area (Å²) in [6, 6.07) is 18.3. The molecular formula is C18H12BrN3O. The lowest BCUT2D eigenvalue weighted by molar-refractivity contribution is 0.477. The molecule has 1 aromatic heterocycles. The summed E-state index contributed by atoms with van der Waals surface area (Å²) in [5, 5.41) is 19.5. The van der Waals surface area contributed by atoms with Gasteiger partial charge in [-0.3, -0.25) is 0 Å². The number of aromatic nitrogens is 1. The molecule has 0 aliphatic heterocycles. The lowest BCUT2D eigenvalue weighted by Crippen LogP contribution is -1.99. The van der Waals surface area contributed by atoms with Gasteiger partial charge >= 0.3 is 0 Å². The first-order valence-electron chi connectivity index (χ1n) is 6.85. The van der Waals surface area contributed by atoms with Crippen LogP contribution in [0, 0.1) is 11.3 Å². The number of nitrogen functional groups attached to an aromatic ring is 1. The summed E-state index contributed by atoms with van der Waals surface area (Å²) >= 11 is 3.39. The highest BCUT2D eigenvalue weighted by molar-refractivity contribution is 9.10. The van der Waals surface area contributed by atoms with E-state index in [0.29, 0.717) is 16.8 Å². The average Bonchev–Trinajstić information content (AvgIpc) is 2.55. The zero-order valence-corrected chi connectivity index (χ0v) is 13.6. The Kier molecular flexibility index (Phi) is 4.00. The Labute approximate surface area is 142 Å². The SMILES string of the molecule is N#Cc1c(-c2ccccc2O)cc(-c2ccc(Br)cc2)nc1N. The number of nitrogens with zero attached hydrogens (tertiary/aromatic N) is 2. The number of halogens is 1. The van der Waals surface area contributed by atoms with Gasteiger partial charge in [0.15, 0.2) is 0 Å². The molecule has 3 N–H and O–H groups in total. The Balaban J connectivity index is 2.25. The van der Waals surface area contributed by atoms with Crippen LogP contribution in [0.3, 0.4) is 0 Å². The molecule has 5 heteroatoms. The Bertz CT molecular complexity index is 915. The molecule has 0 radical (unpaired) electrons. The number of pyridine rings is 1. The Morgan fingerprint density at radius 1 is 1.04 bits per heavy atom. The minimum absolute atomic E-state index is 0.0938. The number of anilines is 1. The molecule has 1 heterocycles. The third-order valence-electron chi connectivity index (χ3n) is 3.49. The Hall–Kier alpha value is -2.84. The van der Waals surface area contributed by atoms with Crippen LogP contribution in [0.15, 0.2) is 59.1 Å². The van der Waals surface area contributed by atoms with Gasteiger partial charge in [0.05, 0.1) is 5.69 Å². The summed E-state index contributed by atoms with van der Waals surface area (Å²) in [5.41, 5.74) is 8.86. The van der Waals surface area contributed by atoms with E-state index in [-0.39, 0.29) is 17.1 Å². The van der Waals surface area contributed by atoms with Crippen LogP contribution in [0.25, 0.3) is 22.4 Å². The summed E-state index contributed by atoms with van der Waals surface area (Å²) in [6.07, 6.45) is 0. The second-order valence-electron chi connectivity index (χ2n) is 4.95. The minimum atomic E-state index is 0.0938. The molecule has 112 valence electrons. The molecule has 0 saturated heterocycles. The maximum absolute atomic E-state index is 10.1. The van der Waals surface area contributed by atoms with Crippen LogP contribution < -0.4 is 5.73 Å². The number of nitrogens with two attached hydrogens (primary N) is 1. The van der Waals surface area contributed by atoms with Gasteiger partial charge in [-0.2, -0.15) is 5.26 Å². The molecule has 3 rings (SSSR count). The molecule has 4 nitrogen and oxygen atoms in total. The second-order valence-corrected chi connectivity index (χ2v) is 5.87. The molecule has 0 amide bonds. The third-order valence-corrected chi connectivity index (χ3v) is 4.02. The van der Waals surface area contributed by atoms with Crippen LogP contribution in [-0.2, 0) is 0 Å². The van der Waals surface area contributed by atoms with Crippen molar-refractivity contribution in [1.82, 2.24) is 4.98 Å². The normalized spacial score (nSPS) is 10.3. The number of phenols is 1. The van der Waals surface area contributed by atoms with Crippen molar-refractivity contribution in [1.29, 1.82) is 5.26 Å². The van der Waals surface area contributed by atoms with E-state index in [1.165, 1.54) is 0 Å². The Morgan fingerprint density at radius 3 is 2.39 bits per heavy atom. The van der Waals surface area contributed by atoms with Gasteiger partial charge in [0.1, 0.15) is 23.2 Å². The number of benzene rings is 2. The predicted molar refractivity (Wildman–Crippen MR) is 93.6 cm³/mol. The fourth-order valence-corrected chi connectivity index (χ4v) is 2.63. The van der Waals surface area contributed by atoms with E-state index in [9.17, 15) is 10.4 Å². The number of aromatic hydroxyl groups is 1. The van der Waals surface area contributed by atoms with Crippen molar-refractivity contribution in [3.63, 3.8) is 0 Å². The Morgan fingerprint density at radius 2 is 1.74 bits per heavy atom. The summed E-state index contributed by atoms with van der Waals surface area (Å²) in [5.74, 6) is 0.238. The van der Waals surface area contributed by atoms with Crippen LogP contribution >= 0.6 is 15.9 Å². The van der Waals surface area contributed by atoms with E-state index in [2.05, 4.69) is 27.0 Å². The van der Waals surface area contributed by atoms with Crippen LogP contribution in [0.5, 0.6) is 5.75 Å². The van der Waals surface area contributed by atoms with Crippen molar-refractivity contribution in [2.45, 2.75) is 0 Å². The number of hydrogen-bond acceptors (Lipinski definition) is 4. The van der Waals surface area contributed by atoms with E-state index < -0.39 is 0 Å². The van der Waals surface area contributed by atoms with Gasteiger partial charge in [-0.1, -0.05) is 46.3 Å². The van der Waals surface area contributed by atoms with Gasteiger partial charge in [0.2, 0.25) is 0 Å². The zero-order valence-electron chi connectivity index (χ0n) is 12.0. The second kappa shape index (κ2) is 6.11. The highest BCUT2D eigenvalue weighted by atomic mass is 79.9. The minimum Gasteiger partial charge on any atom is -0.507 e. The molecule has 0 unspecified atom stereocenters. The number of rotatable bonds is 2. The van der Waals surface area contributed by atoms with Crippen molar-refractivity contribution >= 4 is 21.7 Å². The zero-order chi connectivity index (χ0) is 16.4. The molecule has 0 atom stereocenters. The van der Waals surface area contributed by atoms with E-state index >= 15 is 0 Å². The summed E-state index contributed by atoms with van der Waals surface area (Å²) < 4.78 is 0.962. The van der Waals surface area contributed by atoms with Crippen LogP contribution in [0.4, 0.5) is 5.82 Å². The molecule has 2 aromatic carbocycles. The smallest absolute Gasteiger partial charge is 0.142 e. The van der Waals surface area contributed by atoms with Gasteiger partial charge in [-0.25, -0.2) is 4.98 Å². The van der Waals surface area contributed by atoms with Crippen molar-refractivity contribution in [3.8, 4) is 34.2 Å². The van der Waals surface area contributed by atoms with Crippen molar-refractivity contribution in [3.05, 3.63) is 64.6 Å². The highest BCUT2D eigenvalue weighted by Crippen LogP contribution is 2.35. The third kappa shape index (κ3) is 2.89. The number of nitriles is 1. The first-order chi connectivity index (χ1) is 11.1. The maximum Gasteiger partial charge on any atom is 0.142 e. The van der Waals surface area contributed by atoms with Crippen molar-refractivity contribution in [2.75, 3.05) is 5.73 Å². The number of phenolic OH excluding ortho intramolecular Hbond substituents is 1. The van der Waals surface area contributed by atoms with Gasteiger partial charge in [-0.15, -0.1) is 0 Å². The van der Waals surface area contributed by atoms with Crippen LogP contribution in [0.1, 0.15) is 5.56 Å². The van der Waals surface area contributed by atoms with E-state index in [1.807, 2.05) is 24.3 Å². The lowest BCUT2D eigenvalue weighted by atomic mass is 9.98. The molecule has 3 aromatic rings. The van der Waals surface area contributed by atoms with E-state index in [1.54, 1.807) is 30.3 Å². The molecule has 0 aliphatic carbocycles. The van der Waals surface area contributed by atoms with Crippen molar-refractivity contribution in [2.24, 2.45) is 0 Å². The highest BCUT2D eigenvalue weighted by Gasteiger charge is 2.15. The maximum atomic E-state index is 10.1. The van der Waals surface area contributed by atoms with E-state index in [4.69, 9.17) is 5.73 Å². The fraction of sp³-hybridized carbons (Fsp3) is 0. The monoisotopic (exact) mass is 365 g/mol. The largest absolute Gasteiger partial charge is 0.507 e. The van der Waals surface area contributed by atoms with Crippen LogP contribution in [0.2, 0.25) is 0 Å². The molecular weight excluding hydrogens is 354 g/mol. The molecule has 0 saturated carbocycles. The molecule has 0 bridgehead atoms. The number of para-hydroxylation sites is 1. The summed E-state index contributed by atoms with van der Waals surface area (Å²) in [6.45, 7) is 0. The lowest BCUT2D eigenvalue weighted by Gasteiger charge is -2.11. The average molecular weight is 366 g/mol. The van der Waals surface area contributed by atoms with Gasteiger partial charge in [-0.05, 0) is 24.3 Å². The first kappa shape index (κ1) is 15.1. The first-order valence-corrected chi connectivity index (χ1v) is 7.64. The quantitative estimate of drug-likeness (QED) is 0.707. The number of hydrogen-bond donors (Lipinski definition) is 2. The molecule has 0 aliphatic rings. The van der Waals surface area contributed by atoms with Gasteiger partial charge < -0.3 is 10.8 Å². The molecule has 0 fully saturated rings. The van der Waals surface area contributed by atoms with Gasteiger partial charge in [0, 0.05) is 21.2 Å². The topological polar surface area (TPSA) is 82.9 Å². The van der Waals surface area contributed by atoms with E-state index in [0.717, 1.165) is 10.0 Å². The van der Waals surface area contributed by atoms with Gasteiger partial charge in [0.25, 0.3) is 0 Å². The standard InChI is InChI=1S/C18H12BrN3O/c19-12-7-5-11(6-8-12)16-9-14(15(10-20)18(21)22-16)13-3-1-2-4-17(13)23/h1-9,23H,(H2,21,22). The fourth-order valence-electron chi connectivity index (χ4n) is 2.36. The molecule has 23 heavy (non-hydrogen) atoms. The molecule has 0 spiro atoms.